The molecule has 0 aliphatic heterocycles. The predicted molar refractivity (Wildman–Crippen MR) is 111 cm³/mol. The van der Waals surface area contributed by atoms with Gasteiger partial charge in [-0.1, -0.05) is 12.1 Å². The summed E-state index contributed by atoms with van der Waals surface area (Å²) in [5.41, 5.74) is 9.70. The van der Waals surface area contributed by atoms with Crippen LogP contribution < -0.4 is 10.5 Å². The topological polar surface area (TPSA) is 136 Å². The van der Waals surface area contributed by atoms with Crippen molar-refractivity contribution in [3.63, 3.8) is 0 Å². The molecule has 0 bridgehead atoms. The monoisotopic (exact) mass is 405 g/mol. The molecule has 0 radical (unpaired) electrons. The molecule has 0 saturated carbocycles. The number of hydrogen-bond donors (Lipinski definition) is 1. The zero-order valence-electron chi connectivity index (χ0n) is 17.2. The normalized spacial score (nSPS) is 12.4. The third-order valence-corrected chi connectivity index (χ3v) is 4.54. The number of nitriles is 1. The SMILES string of the molecule is CC[C@@H](CC#N)N=C(N)c1cnc(OCc2c(-c3ccc(C)nc3)noc2C)cn1. The number of nitrogens with zero attached hydrogens (tertiary/aromatic N) is 6. The van der Waals surface area contributed by atoms with Crippen LogP contribution in [-0.2, 0) is 6.61 Å². The van der Waals surface area contributed by atoms with Gasteiger partial charge in [0.25, 0.3) is 0 Å². The largest absolute Gasteiger partial charge is 0.471 e. The fourth-order valence-electron chi connectivity index (χ4n) is 2.71. The summed E-state index contributed by atoms with van der Waals surface area (Å²) in [4.78, 5) is 17.2. The Morgan fingerprint density at radius 3 is 2.70 bits per heavy atom. The van der Waals surface area contributed by atoms with Crippen LogP contribution in [0.3, 0.4) is 0 Å². The number of aliphatic imine (C=N–C) groups is 1. The first-order chi connectivity index (χ1) is 14.5. The van der Waals surface area contributed by atoms with Gasteiger partial charge in [0.15, 0.2) is 0 Å². The number of ether oxygens (including phenoxy) is 1. The molecule has 0 aliphatic carbocycles. The van der Waals surface area contributed by atoms with Crippen molar-refractivity contribution in [2.24, 2.45) is 10.7 Å². The molecule has 30 heavy (non-hydrogen) atoms. The van der Waals surface area contributed by atoms with E-state index in [9.17, 15) is 0 Å². The Bertz CT molecular complexity index is 1050. The van der Waals surface area contributed by atoms with Crippen LogP contribution in [0.5, 0.6) is 5.88 Å². The minimum absolute atomic E-state index is 0.154. The number of rotatable bonds is 8. The van der Waals surface area contributed by atoms with E-state index < -0.39 is 0 Å². The van der Waals surface area contributed by atoms with Gasteiger partial charge in [0.05, 0.1) is 36.5 Å². The molecule has 0 aliphatic rings. The lowest BCUT2D eigenvalue weighted by molar-refractivity contribution is 0.289. The molecule has 0 unspecified atom stereocenters. The summed E-state index contributed by atoms with van der Waals surface area (Å²) < 4.78 is 11.1. The van der Waals surface area contributed by atoms with Crippen molar-refractivity contribution in [3.8, 4) is 23.2 Å². The highest BCUT2D eigenvalue weighted by Gasteiger charge is 2.16. The summed E-state index contributed by atoms with van der Waals surface area (Å²) in [5, 5.41) is 13.0. The molecular weight excluding hydrogens is 382 g/mol. The minimum Gasteiger partial charge on any atom is -0.471 e. The van der Waals surface area contributed by atoms with Gasteiger partial charge in [0, 0.05) is 17.5 Å². The predicted octanol–water partition coefficient (Wildman–Crippen LogP) is 3.12. The van der Waals surface area contributed by atoms with Gasteiger partial charge in [-0.05, 0) is 32.4 Å². The van der Waals surface area contributed by atoms with Crippen molar-refractivity contribution in [3.05, 3.63) is 53.4 Å². The van der Waals surface area contributed by atoms with Crippen LogP contribution in [0.25, 0.3) is 11.3 Å². The van der Waals surface area contributed by atoms with Crippen molar-refractivity contribution in [1.82, 2.24) is 20.1 Å². The molecule has 3 heterocycles. The van der Waals surface area contributed by atoms with Crippen LogP contribution in [0.1, 0.15) is 42.5 Å². The first-order valence-corrected chi connectivity index (χ1v) is 9.55. The highest BCUT2D eigenvalue weighted by Crippen LogP contribution is 2.25. The molecule has 2 N–H and O–H groups in total. The third-order valence-electron chi connectivity index (χ3n) is 4.54. The summed E-state index contributed by atoms with van der Waals surface area (Å²) in [6, 6.07) is 5.81. The van der Waals surface area contributed by atoms with Crippen molar-refractivity contribution in [1.29, 1.82) is 5.26 Å². The van der Waals surface area contributed by atoms with Gasteiger partial charge in [-0.2, -0.15) is 5.26 Å². The van der Waals surface area contributed by atoms with E-state index in [1.807, 2.05) is 32.9 Å². The second kappa shape index (κ2) is 9.60. The smallest absolute Gasteiger partial charge is 0.232 e. The molecule has 154 valence electrons. The zero-order valence-corrected chi connectivity index (χ0v) is 17.2. The summed E-state index contributed by atoms with van der Waals surface area (Å²) in [6.07, 6.45) is 5.77. The lowest BCUT2D eigenvalue weighted by Gasteiger charge is -2.08. The third kappa shape index (κ3) is 4.97. The molecule has 1 atom stereocenters. The fourth-order valence-corrected chi connectivity index (χ4v) is 2.71. The van der Waals surface area contributed by atoms with E-state index in [0.717, 1.165) is 23.2 Å². The molecule has 9 heteroatoms. The molecule has 0 saturated heterocycles. The zero-order chi connectivity index (χ0) is 21.5. The van der Waals surface area contributed by atoms with Gasteiger partial charge in [-0.3, -0.25) is 9.98 Å². The summed E-state index contributed by atoms with van der Waals surface area (Å²) in [6.45, 7) is 5.92. The van der Waals surface area contributed by atoms with E-state index in [2.05, 4.69) is 31.2 Å². The highest BCUT2D eigenvalue weighted by molar-refractivity contribution is 5.95. The molecule has 0 fully saturated rings. The summed E-state index contributed by atoms with van der Waals surface area (Å²) in [5.74, 6) is 1.25. The first kappa shape index (κ1) is 20.9. The lowest BCUT2D eigenvalue weighted by Crippen LogP contribution is -2.19. The molecule has 9 nitrogen and oxygen atoms in total. The fraction of sp³-hybridized carbons (Fsp3) is 0.333. The Morgan fingerprint density at radius 1 is 1.23 bits per heavy atom. The van der Waals surface area contributed by atoms with Gasteiger partial charge in [0.2, 0.25) is 5.88 Å². The Hall–Kier alpha value is -3.80. The summed E-state index contributed by atoms with van der Waals surface area (Å²) >= 11 is 0. The number of aryl methyl sites for hydroxylation is 2. The number of amidine groups is 1. The first-order valence-electron chi connectivity index (χ1n) is 9.55. The number of pyridine rings is 1. The highest BCUT2D eigenvalue weighted by atomic mass is 16.5. The lowest BCUT2D eigenvalue weighted by atomic mass is 10.1. The molecule has 3 aromatic heterocycles. The second-order valence-corrected chi connectivity index (χ2v) is 6.72. The maximum Gasteiger partial charge on any atom is 0.232 e. The van der Waals surface area contributed by atoms with Crippen LogP contribution in [0.15, 0.2) is 40.2 Å². The summed E-state index contributed by atoms with van der Waals surface area (Å²) in [7, 11) is 0. The van der Waals surface area contributed by atoms with Gasteiger partial charge in [-0.15, -0.1) is 0 Å². The van der Waals surface area contributed by atoms with Crippen LogP contribution in [0.2, 0.25) is 0 Å². The minimum atomic E-state index is -0.154. The molecule has 0 spiro atoms. The van der Waals surface area contributed by atoms with Crippen molar-refractivity contribution in [2.75, 3.05) is 0 Å². The van der Waals surface area contributed by atoms with Crippen LogP contribution in [0, 0.1) is 25.2 Å². The second-order valence-electron chi connectivity index (χ2n) is 6.72. The van der Waals surface area contributed by atoms with Crippen molar-refractivity contribution < 1.29 is 9.26 Å². The van der Waals surface area contributed by atoms with Crippen LogP contribution in [-0.4, -0.2) is 32.0 Å². The van der Waals surface area contributed by atoms with Gasteiger partial charge >= 0.3 is 0 Å². The van der Waals surface area contributed by atoms with Crippen molar-refractivity contribution >= 4 is 5.84 Å². The van der Waals surface area contributed by atoms with Crippen LogP contribution in [0.4, 0.5) is 0 Å². The molecular formula is C21H23N7O2. The maximum atomic E-state index is 8.83. The van der Waals surface area contributed by atoms with Gasteiger partial charge in [-0.25, -0.2) is 9.97 Å². The quantitative estimate of drug-likeness (QED) is 0.446. The standard InChI is InChI=1S/C21H23N7O2/c1-4-16(7-8-22)27-21(23)18-10-26-19(11-25-18)29-12-17-14(3)30-28-20(17)15-6-5-13(2)24-9-15/h5-6,9-11,16H,4,7,12H2,1-3H3,(H2,23,27)/t16-/m0/s1. The van der Waals surface area contributed by atoms with E-state index in [-0.39, 0.29) is 18.5 Å². The number of aromatic nitrogens is 4. The average molecular weight is 405 g/mol. The van der Waals surface area contributed by atoms with E-state index >= 15 is 0 Å². The van der Waals surface area contributed by atoms with E-state index in [0.29, 0.717) is 29.4 Å². The molecule has 0 amide bonds. The van der Waals surface area contributed by atoms with E-state index in [1.54, 1.807) is 6.20 Å². The Kier molecular flexibility index (Phi) is 6.70. The Morgan fingerprint density at radius 2 is 2.07 bits per heavy atom. The van der Waals surface area contributed by atoms with Gasteiger partial charge in [0.1, 0.15) is 29.6 Å². The van der Waals surface area contributed by atoms with Crippen LogP contribution >= 0.6 is 0 Å². The Labute approximate surface area is 174 Å². The van der Waals surface area contributed by atoms with Crippen molar-refractivity contribution in [2.45, 2.75) is 46.3 Å². The Balaban J connectivity index is 1.70. The van der Waals surface area contributed by atoms with E-state index in [4.69, 9.17) is 20.3 Å². The maximum absolute atomic E-state index is 8.83. The molecule has 3 rings (SSSR count). The number of hydrogen-bond acceptors (Lipinski definition) is 8. The molecule has 3 aromatic rings. The van der Waals surface area contributed by atoms with E-state index in [1.165, 1.54) is 12.4 Å². The molecule has 0 aromatic carbocycles. The van der Waals surface area contributed by atoms with Gasteiger partial charge < -0.3 is 15.0 Å². The average Bonchev–Trinajstić information content (AvgIpc) is 3.13. The number of nitrogens with two attached hydrogens (primary N) is 1.